The number of halogens is 1. The quantitative estimate of drug-likeness (QED) is 0.277. The lowest BCUT2D eigenvalue weighted by Crippen LogP contribution is -2.38. The first-order valence-corrected chi connectivity index (χ1v) is 12.7. The van der Waals surface area contributed by atoms with Crippen molar-refractivity contribution >= 4 is 40.7 Å². The average molecular weight is 531 g/mol. The molecule has 0 unspecified atom stereocenters. The zero-order chi connectivity index (χ0) is 26.8. The SMILES string of the molecule is COC(=O)c1ccc(C(=O)N2CCC(c3ccc(NC(=O)c4cn5c(Cl)cccc5n4)cc3)CC2)c(C)c1. The summed E-state index contributed by atoms with van der Waals surface area (Å²) in [5.41, 5.74) is 4.54. The van der Waals surface area contributed by atoms with E-state index in [-0.39, 0.29) is 17.5 Å². The molecule has 0 atom stereocenters. The van der Waals surface area contributed by atoms with Crippen LogP contribution in [0.5, 0.6) is 0 Å². The number of hydrogen-bond acceptors (Lipinski definition) is 5. The van der Waals surface area contributed by atoms with Crippen LogP contribution in [0.2, 0.25) is 5.15 Å². The van der Waals surface area contributed by atoms with Gasteiger partial charge in [0.25, 0.3) is 11.8 Å². The normalized spacial score (nSPS) is 13.9. The highest BCUT2D eigenvalue weighted by atomic mass is 35.5. The Morgan fingerprint density at radius 3 is 2.42 bits per heavy atom. The van der Waals surface area contributed by atoms with Gasteiger partial charge in [-0.3, -0.25) is 14.0 Å². The van der Waals surface area contributed by atoms with Gasteiger partial charge < -0.3 is 15.0 Å². The Labute approximate surface area is 225 Å². The summed E-state index contributed by atoms with van der Waals surface area (Å²) in [5.74, 6) is -0.423. The zero-order valence-corrected chi connectivity index (χ0v) is 21.9. The fraction of sp³-hybridized carbons (Fsp3) is 0.241. The predicted molar refractivity (Wildman–Crippen MR) is 145 cm³/mol. The monoisotopic (exact) mass is 530 g/mol. The van der Waals surface area contributed by atoms with Crippen molar-refractivity contribution in [3.05, 3.63) is 100.0 Å². The number of nitrogens with zero attached hydrogens (tertiary/aromatic N) is 3. The van der Waals surface area contributed by atoms with Crippen LogP contribution in [0.15, 0.2) is 66.9 Å². The van der Waals surface area contributed by atoms with Crippen LogP contribution in [0.3, 0.4) is 0 Å². The second-order valence-corrected chi connectivity index (χ2v) is 9.75. The molecule has 0 spiro atoms. The summed E-state index contributed by atoms with van der Waals surface area (Å²) in [6.07, 6.45) is 3.31. The van der Waals surface area contributed by atoms with Gasteiger partial charge in [-0.15, -0.1) is 0 Å². The van der Waals surface area contributed by atoms with Gasteiger partial charge in [0.15, 0.2) is 0 Å². The number of hydrogen-bond donors (Lipinski definition) is 1. The molecule has 1 N–H and O–H groups in total. The van der Waals surface area contributed by atoms with Crippen molar-refractivity contribution in [2.45, 2.75) is 25.7 Å². The highest BCUT2D eigenvalue weighted by molar-refractivity contribution is 6.29. The molecule has 194 valence electrons. The number of amides is 2. The van der Waals surface area contributed by atoms with E-state index in [9.17, 15) is 14.4 Å². The summed E-state index contributed by atoms with van der Waals surface area (Å²) in [6.45, 7) is 3.13. The molecule has 1 fully saturated rings. The van der Waals surface area contributed by atoms with Gasteiger partial charge in [-0.05, 0) is 79.3 Å². The molecule has 9 heteroatoms. The number of aromatic nitrogens is 2. The van der Waals surface area contributed by atoms with Gasteiger partial charge in [-0.2, -0.15) is 0 Å². The Kier molecular flexibility index (Phi) is 7.15. The van der Waals surface area contributed by atoms with Gasteiger partial charge >= 0.3 is 5.97 Å². The molecule has 4 aromatic rings. The number of carbonyl (C=O) groups is 3. The van der Waals surface area contributed by atoms with Gasteiger partial charge in [-0.1, -0.05) is 29.8 Å². The minimum Gasteiger partial charge on any atom is -0.465 e. The summed E-state index contributed by atoms with van der Waals surface area (Å²) in [6, 6.07) is 18.2. The maximum atomic E-state index is 13.1. The number of imidazole rings is 1. The third kappa shape index (κ3) is 5.13. The van der Waals surface area contributed by atoms with Crippen LogP contribution in [-0.4, -0.2) is 52.3 Å². The maximum Gasteiger partial charge on any atom is 0.337 e. The van der Waals surface area contributed by atoms with E-state index >= 15 is 0 Å². The standard InChI is InChI=1S/C29H27ClN4O4/c1-18-16-21(29(37)38-2)8-11-23(18)28(36)33-14-12-20(13-15-33)19-6-9-22(10-7-19)31-27(35)24-17-34-25(30)4-3-5-26(34)32-24/h3-11,16-17,20H,12-15H2,1-2H3,(H,31,35). The number of carbonyl (C=O) groups excluding carboxylic acids is 3. The van der Waals surface area contributed by atoms with Crippen LogP contribution in [-0.2, 0) is 4.74 Å². The van der Waals surface area contributed by atoms with E-state index < -0.39 is 5.97 Å². The first-order valence-electron chi connectivity index (χ1n) is 12.4. The molecule has 5 rings (SSSR count). The maximum absolute atomic E-state index is 13.1. The van der Waals surface area contributed by atoms with E-state index in [1.165, 1.54) is 12.7 Å². The number of methoxy groups -OCH3 is 1. The number of aryl methyl sites for hydroxylation is 1. The third-order valence-corrected chi connectivity index (χ3v) is 7.28. The molecule has 2 aromatic heterocycles. The lowest BCUT2D eigenvalue weighted by atomic mass is 9.89. The van der Waals surface area contributed by atoms with Crippen LogP contribution in [0.25, 0.3) is 5.65 Å². The molecule has 0 saturated carbocycles. The number of rotatable bonds is 5. The zero-order valence-electron chi connectivity index (χ0n) is 21.1. The van der Waals surface area contributed by atoms with E-state index in [0.29, 0.717) is 46.6 Å². The van der Waals surface area contributed by atoms with Crippen LogP contribution < -0.4 is 5.32 Å². The van der Waals surface area contributed by atoms with Crippen LogP contribution in [0.1, 0.15) is 61.1 Å². The predicted octanol–water partition coefficient (Wildman–Crippen LogP) is 5.35. The van der Waals surface area contributed by atoms with Crippen molar-refractivity contribution in [2.24, 2.45) is 0 Å². The van der Waals surface area contributed by atoms with Crippen LogP contribution in [0, 0.1) is 6.92 Å². The van der Waals surface area contributed by atoms with E-state index in [4.69, 9.17) is 16.3 Å². The van der Waals surface area contributed by atoms with Crippen molar-refractivity contribution in [3.63, 3.8) is 0 Å². The minimum absolute atomic E-state index is 0.0244. The molecule has 1 saturated heterocycles. The lowest BCUT2D eigenvalue weighted by molar-refractivity contribution is 0.0599. The van der Waals surface area contributed by atoms with Gasteiger partial charge in [0.1, 0.15) is 16.5 Å². The Bertz CT molecular complexity index is 1520. The summed E-state index contributed by atoms with van der Waals surface area (Å²) >= 11 is 6.17. The van der Waals surface area contributed by atoms with Gasteiger partial charge in [0.05, 0.1) is 12.7 Å². The second-order valence-electron chi connectivity index (χ2n) is 9.37. The fourth-order valence-corrected chi connectivity index (χ4v) is 5.06. The number of fused-ring (bicyclic) bond motifs is 1. The molecule has 3 heterocycles. The molecule has 2 aromatic carbocycles. The minimum atomic E-state index is -0.418. The molecule has 0 radical (unpaired) electrons. The molecule has 8 nitrogen and oxygen atoms in total. The highest BCUT2D eigenvalue weighted by Gasteiger charge is 2.26. The van der Waals surface area contributed by atoms with E-state index in [1.54, 1.807) is 47.0 Å². The first kappa shape index (κ1) is 25.5. The number of piperidine rings is 1. The Hall–Kier alpha value is -4.17. The van der Waals surface area contributed by atoms with Crippen LogP contribution in [0.4, 0.5) is 5.69 Å². The highest BCUT2D eigenvalue weighted by Crippen LogP contribution is 2.30. The Balaban J connectivity index is 1.18. The molecule has 1 aliphatic heterocycles. The fourth-order valence-electron chi connectivity index (χ4n) is 4.85. The largest absolute Gasteiger partial charge is 0.465 e. The third-order valence-electron chi connectivity index (χ3n) is 6.98. The molecule has 0 aliphatic carbocycles. The average Bonchev–Trinajstić information content (AvgIpc) is 3.39. The van der Waals surface area contributed by atoms with E-state index in [1.807, 2.05) is 36.1 Å². The number of esters is 1. The molecule has 2 amide bonds. The molecular weight excluding hydrogens is 504 g/mol. The number of benzene rings is 2. The number of pyridine rings is 1. The molecule has 0 bridgehead atoms. The Morgan fingerprint density at radius 2 is 1.76 bits per heavy atom. The van der Waals surface area contributed by atoms with Gasteiger partial charge in [-0.25, -0.2) is 9.78 Å². The number of likely N-dealkylation sites (tertiary alicyclic amines) is 1. The molecule has 38 heavy (non-hydrogen) atoms. The topological polar surface area (TPSA) is 93.0 Å². The van der Waals surface area contributed by atoms with Crippen molar-refractivity contribution in [2.75, 3.05) is 25.5 Å². The first-order chi connectivity index (χ1) is 18.3. The second kappa shape index (κ2) is 10.7. The van der Waals surface area contributed by atoms with Crippen molar-refractivity contribution < 1.29 is 19.1 Å². The number of nitrogens with one attached hydrogen (secondary N) is 1. The van der Waals surface area contributed by atoms with Crippen LogP contribution >= 0.6 is 11.6 Å². The molecular formula is C29H27ClN4O4. The summed E-state index contributed by atoms with van der Waals surface area (Å²) in [5, 5.41) is 3.37. The lowest BCUT2D eigenvalue weighted by Gasteiger charge is -2.32. The van der Waals surface area contributed by atoms with Gasteiger partial charge in [0.2, 0.25) is 0 Å². The summed E-state index contributed by atoms with van der Waals surface area (Å²) in [7, 11) is 1.34. The van der Waals surface area contributed by atoms with Crippen molar-refractivity contribution in [1.29, 1.82) is 0 Å². The smallest absolute Gasteiger partial charge is 0.337 e. The van der Waals surface area contributed by atoms with Crippen molar-refractivity contribution in [3.8, 4) is 0 Å². The summed E-state index contributed by atoms with van der Waals surface area (Å²) < 4.78 is 6.42. The number of anilines is 1. The van der Waals surface area contributed by atoms with E-state index in [2.05, 4.69) is 10.3 Å². The molecule has 1 aliphatic rings. The number of ether oxygens (including phenoxy) is 1. The Morgan fingerprint density at radius 1 is 1.03 bits per heavy atom. The van der Waals surface area contributed by atoms with E-state index in [0.717, 1.165) is 18.4 Å². The summed E-state index contributed by atoms with van der Waals surface area (Å²) in [4.78, 5) is 43.8. The van der Waals surface area contributed by atoms with Gasteiger partial charge in [0, 0.05) is 30.5 Å². The van der Waals surface area contributed by atoms with Crippen molar-refractivity contribution in [1.82, 2.24) is 14.3 Å².